The van der Waals surface area contributed by atoms with Crippen molar-refractivity contribution in [1.82, 2.24) is 10.3 Å². The second-order valence-electron chi connectivity index (χ2n) is 5.40. The number of anilines is 1. The molecule has 0 saturated carbocycles. The summed E-state index contributed by atoms with van der Waals surface area (Å²) in [6.45, 7) is 2.22. The minimum absolute atomic E-state index is 0.223. The molecule has 132 valence electrons. The molecular formula is C14H16F3N3O4. The molecule has 2 rings (SSSR count). The van der Waals surface area contributed by atoms with Crippen LogP contribution in [0.25, 0.3) is 0 Å². The largest absolute Gasteiger partial charge is 0.417 e. The summed E-state index contributed by atoms with van der Waals surface area (Å²) in [5.41, 5.74) is -2.75. The molecule has 1 aromatic rings. The van der Waals surface area contributed by atoms with Crippen molar-refractivity contribution < 1.29 is 27.5 Å². The Morgan fingerprint density at radius 3 is 2.67 bits per heavy atom. The number of ether oxygens (including phenoxy) is 1. The van der Waals surface area contributed by atoms with Crippen LogP contribution < -0.4 is 16.2 Å². The van der Waals surface area contributed by atoms with Crippen LogP contribution in [0.4, 0.5) is 18.9 Å². The monoisotopic (exact) mass is 347 g/mol. The highest BCUT2D eigenvalue weighted by Gasteiger charge is 2.32. The summed E-state index contributed by atoms with van der Waals surface area (Å²) in [6.07, 6.45) is -2.86. The zero-order valence-corrected chi connectivity index (χ0v) is 12.7. The Morgan fingerprint density at radius 2 is 2.08 bits per heavy atom. The second-order valence-corrected chi connectivity index (χ2v) is 5.40. The Bertz CT molecular complexity index is 681. The predicted octanol–water partition coefficient (Wildman–Crippen LogP) is 1.02. The maximum atomic E-state index is 12.6. The fraction of sp³-hybridized carbons (Fsp3) is 0.500. The van der Waals surface area contributed by atoms with Gasteiger partial charge in [0.25, 0.3) is 5.56 Å². The van der Waals surface area contributed by atoms with E-state index in [0.717, 1.165) is 12.8 Å². The molecule has 2 heterocycles. The molecule has 24 heavy (non-hydrogen) atoms. The fourth-order valence-corrected chi connectivity index (χ4v) is 2.28. The van der Waals surface area contributed by atoms with Crippen molar-refractivity contribution in [3.63, 3.8) is 0 Å². The maximum absolute atomic E-state index is 12.6. The molecule has 0 aliphatic carbocycles. The topological polar surface area (TPSA) is 100 Å². The van der Waals surface area contributed by atoms with Crippen LogP contribution in [0, 0.1) is 0 Å². The Morgan fingerprint density at radius 1 is 1.38 bits per heavy atom. The molecule has 2 unspecified atom stereocenters. The highest BCUT2D eigenvalue weighted by Crippen LogP contribution is 2.29. The molecule has 0 radical (unpaired) electrons. The molecule has 7 nitrogen and oxygen atoms in total. The van der Waals surface area contributed by atoms with Crippen LogP contribution in [-0.4, -0.2) is 35.6 Å². The van der Waals surface area contributed by atoms with Gasteiger partial charge in [0.1, 0.15) is 5.69 Å². The number of alkyl halides is 3. The Labute approximate surface area is 134 Å². The van der Waals surface area contributed by atoms with Gasteiger partial charge >= 0.3 is 18.0 Å². The van der Waals surface area contributed by atoms with E-state index in [1.807, 2.05) is 10.3 Å². The lowest BCUT2D eigenvalue weighted by Crippen LogP contribution is -2.46. The lowest BCUT2D eigenvalue weighted by Gasteiger charge is -2.19. The molecular weight excluding hydrogens is 331 g/mol. The number of carbonyl (C=O) groups excluding carboxylic acids is 2. The number of hydrogen-bond acceptors (Lipinski definition) is 4. The summed E-state index contributed by atoms with van der Waals surface area (Å²) in [6, 6.07) is 0.0265. The van der Waals surface area contributed by atoms with Gasteiger partial charge in [-0.15, -0.1) is 0 Å². The lowest BCUT2D eigenvalue weighted by atomic mass is 10.1. The van der Waals surface area contributed by atoms with Gasteiger partial charge in [-0.05, 0) is 25.8 Å². The third-order valence-corrected chi connectivity index (χ3v) is 3.57. The Balaban J connectivity index is 2.03. The number of aromatic amines is 1. The molecule has 1 aliphatic rings. The third kappa shape index (κ3) is 4.34. The minimum atomic E-state index is -4.69. The van der Waals surface area contributed by atoms with E-state index in [1.165, 1.54) is 0 Å². The zero-order chi connectivity index (χ0) is 17.9. The van der Waals surface area contributed by atoms with Crippen molar-refractivity contribution in [3.8, 4) is 0 Å². The number of aromatic nitrogens is 1. The van der Waals surface area contributed by atoms with E-state index in [4.69, 9.17) is 4.74 Å². The lowest BCUT2D eigenvalue weighted by molar-refractivity contribution is -0.138. The van der Waals surface area contributed by atoms with E-state index >= 15 is 0 Å². The van der Waals surface area contributed by atoms with Gasteiger partial charge in [0.2, 0.25) is 0 Å². The molecule has 1 aromatic heterocycles. The fourth-order valence-electron chi connectivity index (χ4n) is 2.28. The molecule has 2 amide bonds. The molecule has 3 N–H and O–H groups in total. The summed E-state index contributed by atoms with van der Waals surface area (Å²) in [5, 5.41) is 4.28. The summed E-state index contributed by atoms with van der Waals surface area (Å²) in [4.78, 5) is 36.9. The molecule has 10 heteroatoms. The molecule has 2 atom stereocenters. The maximum Gasteiger partial charge on any atom is 0.417 e. The number of amides is 2. The minimum Gasteiger partial charge on any atom is -0.376 e. The second kappa shape index (κ2) is 7.04. The standard InChI is InChI=1S/C14H16F3N3O4/c1-7(10-3-2-4-24-10)19-12(22)13(23)20-9-5-8(14(15,16)17)6-18-11(9)21/h5-7,10H,2-4H2,1H3,(H,18,21)(H,19,22)(H,20,23). The SMILES string of the molecule is CC(NC(=O)C(=O)Nc1cc(C(F)(F)F)c[nH]c1=O)C1CCCO1. The number of halogens is 3. The average Bonchev–Trinajstić information content (AvgIpc) is 3.02. The number of nitrogens with one attached hydrogen (secondary N) is 3. The first kappa shape index (κ1) is 18.0. The van der Waals surface area contributed by atoms with E-state index in [9.17, 15) is 27.6 Å². The first-order valence-corrected chi connectivity index (χ1v) is 7.22. The quantitative estimate of drug-likeness (QED) is 0.711. The zero-order valence-electron chi connectivity index (χ0n) is 12.7. The Kier molecular flexibility index (Phi) is 5.27. The number of carbonyl (C=O) groups is 2. The number of H-pyrrole nitrogens is 1. The van der Waals surface area contributed by atoms with E-state index in [1.54, 1.807) is 6.92 Å². The van der Waals surface area contributed by atoms with Crippen LogP contribution in [0.15, 0.2) is 17.1 Å². The van der Waals surface area contributed by atoms with Crippen LogP contribution in [-0.2, 0) is 20.5 Å². The molecule has 0 spiro atoms. The van der Waals surface area contributed by atoms with Crippen LogP contribution in [0.1, 0.15) is 25.3 Å². The first-order chi connectivity index (χ1) is 11.2. The van der Waals surface area contributed by atoms with Gasteiger partial charge < -0.3 is 20.4 Å². The number of pyridine rings is 1. The smallest absolute Gasteiger partial charge is 0.376 e. The van der Waals surface area contributed by atoms with Crippen molar-refractivity contribution in [3.05, 3.63) is 28.2 Å². The number of rotatable bonds is 3. The van der Waals surface area contributed by atoms with Crippen LogP contribution in [0.3, 0.4) is 0 Å². The highest BCUT2D eigenvalue weighted by molar-refractivity contribution is 6.39. The third-order valence-electron chi connectivity index (χ3n) is 3.57. The van der Waals surface area contributed by atoms with Crippen molar-refractivity contribution in [2.24, 2.45) is 0 Å². The van der Waals surface area contributed by atoms with Gasteiger partial charge in [0, 0.05) is 12.8 Å². The van der Waals surface area contributed by atoms with Gasteiger partial charge in [0.15, 0.2) is 0 Å². The van der Waals surface area contributed by atoms with Gasteiger partial charge in [0.05, 0.1) is 17.7 Å². The van der Waals surface area contributed by atoms with E-state index < -0.39 is 40.8 Å². The summed E-state index contributed by atoms with van der Waals surface area (Å²) in [5.74, 6) is -2.29. The van der Waals surface area contributed by atoms with Gasteiger partial charge in [-0.2, -0.15) is 13.2 Å². The van der Waals surface area contributed by atoms with E-state index in [-0.39, 0.29) is 6.10 Å². The first-order valence-electron chi connectivity index (χ1n) is 7.22. The van der Waals surface area contributed by atoms with Crippen molar-refractivity contribution >= 4 is 17.5 Å². The Hall–Kier alpha value is -2.36. The number of hydrogen-bond donors (Lipinski definition) is 3. The summed E-state index contributed by atoms with van der Waals surface area (Å²) < 4.78 is 43.2. The van der Waals surface area contributed by atoms with Crippen LogP contribution >= 0.6 is 0 Å². The normalized spacial score (nSPS) is 18.9. The summed E-state index contributed by atoms with van der Waals surface area (Å²) in [7, 11) is 0. The van der Waals surface area contributed by atoms with Crippen molar-refractivity contribution in [2.45, 2.75) is 38.1 Å². The van der Waals surface area contributed by atoms with Crippen molar-refractivity contribution in [1.29, 1.82) is 0 Å². The van der Waals surface area contributed by atoms with E-state index in [0.29, 0.717) is 18.9 Å². The molecule has 1 aliphatic heterocycles. The molecule has 1 fully saturated rings. The van der Waals surface area contributed by atoms with Gasteiger partial charge in [-0.1, -0.05) is 0 Å². The van der Waals surface area contributed by atoms with Gasteiger partial charge in [-0.3, -0.25) is 14.4 Å². The van der Waals surface area contributed by atoms with Gasteiger partial charge in [-0.25, -0.2) is 0 Å². The predicted molar refractivity (Wildman–Crippen MR) is 77.3 cm³/mol. The van der Waals surface area contributed by atoms with E-state index in [2.05, 4.69) is 5.32 Å². The molecule has 0 aromatic carbocycles. The van der Waals surface area contributed by atoms with Crippen LogP contribution in [0.5, 0.6) is 0 Å². The van der Waals surface area contributed by atoms with Crippen LogP contribution in [0.2, 0.25) is 0 Å². The highest BCUT2D eigenvalue weighted by atomic mass is 19.4. The molecule has 1 saturated heterocycles. The summed E-state index contributed by atoms with van der Waals surface area (Å²) >= 11 is 0. The molecule has 0 bridgehead atoms. The average molecular weight is 347 g/mol. The van der Waals surface area contributed by atoms with Crippen molar-refractivity contribution in [2.75, 3.05) is 11.9 Å².